The first-order chi connectivity index (χ1) is 14.8. The van der Waals surface area contributed by atoms with E-state index in [1.165, 1.54) is 22.3 Å². The van der Waals surface area contributed by atoms with Crippen molar-refractivity contribution in [1.29, 1.82) is 0 Å². The van der Waals surface area contributed by atoms with Gasteiger partial charge in [0.25, 0.3) is 0 Å². The maximum Gasteiger partial charge on any atom is 0.179 e. The van der Waals surface area contributed by atoms with E-state index < -0.39 is 17.5 Å². The van der Waals surface area contributed by atoms with Crippen LogP contribution in [0.25, 0.3) is 0 Å². The zero-order valence-electron chi connectivity index (χ0n) is 22.5. The van der Waals surface area contributed by atoms with Crippen molar-refractivity contribution in [2.75, 3.05) is 0 Å². The molecule has 0 aromatic carbocycles. The number of rotatable bonds is 16. The van der Waals surface area contributed by atoms with Gasteiger partial charge in [-0.25, -0.2) is 0 Å². The zero-order valence-corrected chi connectivity index (χ0v) is 22.5. The zero-order chi connectivity index (χ0) is 24.8. The Balaban J connectivity index is 5.67. The molecule has 32 heavy (non-hydrogen) atoms. The van der Waals surface area contributed by atoms with Gasteiger partial charge in [0, 0.05) is 0 Å². The van der Waals surface area contributed by atoms with Gasteiger partial charge in [-0.15, -0.1) is 13.2 Å². The summed E-state index contributed by atoms with van der Waals surface area (Å²) in [6.07, 6.45) is 17.8. The van der Waals surface area contributed by atoms with Crippen LogP contribution in [-0.2, 0) is 9.47 Å². The number of ether oxygens (including phenoxy) is 2. The number of hydrogen-bond acceptors (Lipinski definition) is 2. The summed E-state index contributed by atoms with van der Waals surface area (Å²) in [5.74, 6) is 0. The Kier molecular flexibility index (Phi) is 14.5. The van der Waals surface area contributed by atoms with E-state index in [1.54, 1.807) is 0 Å². The molecule has 0 unspecified atom stereocenters. The number of allylic oxidation sites excluding steroid dienone is 7. The molecule has 0 spiro atoms. The molecule has 0 saturated carbocycles. The van der Waals surface area contributed by atoms with Gasteiger partial charge in [-0.3, -0.25) is 0 Å². The fraction of sp³-hybridized carbons (Fsp3) is 0.600. The summed E-state index contributed by atoms with van der Waals surface area (Å²) in [6.45, 7) is 27.2. The van der Waals surface area contributed by atoms with Crippen LogP contribution in [0.3, 0.4) is 0 Å². The highest BCUT2D eigenvalue weighted by Crippen LogP contribution is 2.29. The van der Waals surface area contributed by atoms with Gasteiger partial charge in [0.1, 0.15) is 0 Å². The first-order valence-electron chi connectivity index (χ1n) is 12.0. The molecule has 0 rings (SSSR count). The SMILES string of the molecule is C=C[C@@](C)(CCC=C(C)C)OC(/C=C(/C)CCC=C(C)C)O[C@@](C)(C=C)CCC=C(C)C. The highest BCUT2D eigenvalue weighted by Gasteiger charge is 2.30. The second kappa shape index (κ2) is 15.2. The Bertz CT molecular complexity index is 652. The first-order valence-corrected chi connectivity index (χ1v) is 12.0. The van der Waals surface area contributed by atoms with Gasteiger partial charge in [0.2, 0.25) is 0 Å². The Morgan fingerprint density at radius 2 is 1.06 bits per heavy atom. The summed E-state index contributed by atoms with van der Waals surface area (Å²) in [5.41, 5.74) is 4.29. The van der Waals surface area contributed by atoms with E-state index in [4.69, 9.17) is 9.47 Å². The van der Waals surface area contributed by atoms with Gasteiger partial charge >= 0.3 is 0 Å². The van der Waals surface area contributed by atoms with Crippen molar-refractivity contribution in [2.45, 2.75) is 118 Å². The third kappa shape index (κ3) is 14.4. The third-order valence-electron chi connectivity index (χ3n) is 5.53. The van der Waals surface area contributed by atoms with Crippen LogP contribution in [-0.4, -0.2) is 17.5 Å². The number of hydrogen-bond donors (Lipinski definition) is 0. The molecule has 2 atom stereocenters. The van der Waals surface area contributed by atoms with Crippen LogP contribution in [0.4, 0.5) is 0 Å². The fourth-order valence-corrected chi connectivity index (χ4v) is 3.24. The topological polar surface area (TPSA) is 18.5 Å². The second-order valence-corrected chi connectivity index (χ2v) is 10.1. The summed E-state index contributed by atoms with van der Waals surface area (Å²) in [6, 6.07) is 0. The van der Waals surface area contributed by atoms with Crippen molar-refractivity contribution in [2.24, 2.45) is 0 Å². The minimum absolute atomic E-state index is 0.467. The normalized spacial score (nSPS) is 15.4. The predicted octanol–water partition coefficient (Wildman–Crippen LogP) is 9.42. The van der Waals surface area contributed by atoms with Gasteiger partial charge in [-0.1, -0.05) is 52.7 Å². The van der Waals surface area contributed by atoms with Crippen LogP contribution in [0.5, 0.6) is 0 Å². The van der Waals surface area contributed by atoms with Gasteiger partial charge in [0.15, 0.2) is 6.29 Å². The highest BCUT2D eigenvalue weighted by molar-refractivity contribution is 5.07. The Labute approximate surface area is 199 Å². The summed E-state index contributed by atoms with van der Waals surface area (Å²) in [7, 11) is 0. The van der Waals surface area contributed by atoms with E-state index >= 15 is 0 Å². The second-order valence-electron chi connectivity index (χ2n) is 10.1. The molecule has 0 radical (unpaired) electrons. The van der Waals surface area contributed by atoms with Crippen LogP contribution < -0.4 is 0 Å². The molecule has 2 heteroatoms. The molecule has 0 N–H and O–H groups in total. The Morgan fingerprint density at radius 3 is 1.41 bits per heavy atom. The van der Waals surface area contributed by atoms with E-state index in [1.807, 2.05) is 12.2 Å². The summed E-state index contributed by atoms with van der Waals surface area (Å²) in [5, 5.41) is 0. The largest absolute Gasteiger partial charge is 0.339 e. The molecule has 0 aliphatic rings. The Hall–Kier alpha value is -1.64. The average Bonchev–Trinajstić information content (AvgIpc) is 2.66. The summed E-state index contributed by atoms with van der Waals surface area (Å²) in [4.78, 5) is 0. The summed E-state index contributed by atoms with van der Waals surface area (Å²) < 4.78 is 13.1. The lowest BCUT2D eigenvalue weighted by molar-refractivity contribution is -0.206. The maximum atomic E-state index is 6.57. The molecule has 0 saturated heterocycles. The van der Waals surface area contributed by atoms with Gasteiger partial charge in [-0.2, -0.15) is 0 Å². The standard InChI is InChI=1S/C30H50O2/c1-12-29(10,21-15-18-25(5)6)31-28(23-27(9)20-14-17-24(3)4)32-30(11,13-2)22-16-19-26(7)8/h12-13,17-19,23,28H,1-2,14-16,20-22H2,3-11H3/b27-23-/t29-,30-/m0/s1. The molecule has 0 heterocycles. The fourth-order valence-electron chi connectivity index (χ4n) is 3.24. The molecule has 0 aromatic rings. The van der Waals surface area contributed by atoms with E-state index in [9.17, 15) is 0 Å². The van der Waals surface area contributed by atoms with Crippen molar-refractivity contribution in [3.05, 3.63) is 71.9 Å². The molecule has 0 aromatic heterocycles. The predicted molar refractivity (Wildman–Crippen MR) is 143 cm³/mol. The first kappa shape index (κ1) is 30.4. The molecule has 2 nitrogen and oxygen atoms in total. The molecule has 0 aliphatic carbocycles. The molecule has 0 aliphatic heterocycles. The maximum absolute atomic E-state index is 6.57. The van der Waals surface area contributed by atoms with Crippen molar-refractivity contribution in [3.63, 3.8) is 0 Å². The van der Waals surface area contributed by atoms with Crippen molar-refractivity contribution < 1.29 is 9.47 Å². The smallest absolute Gasteiger partial charge is 0.179 e. The van der Waals surface area contributed by atoms with Crippen LogP contribution in [0, 0.1) is 0 Å². The molecular weight excluding hydrogens is 392 g/mol. The molecule has 0 fully saturated rings. The average molecular weight is 443 g/mol. The van der Waals surface area contributed by atoms with E-state index in [0.29, 0.717) is 0 Å². The Morgan fingerprint density at radius 1 is 0.688 bits per heavy atom. The van der Waals surface area contributed by atoms with E-state index in [2.05, 4.69) is 99.8 Å². The highest BCUT2D eigenvalue weighted by atomic mass is 16.7. The lowest BCUT2D eigenvalue weighted by Crippen LogP contribution is -2.38. The third-order valence-corrected chi connectivity index (χ3v) is 5.53. The van der Waals surface area contributed by atoms with Gasteiger partial charge < -0.3 is 9.47 Å². The molecule has 182 valence electrons. The van der Waals surface area contributed by atoms with Crippen molar-refractivity contribution >= 4 is 0 Å². The minimum Gasteiger partial charge on any atom is -0.339 e. The lowest BCUT2D eigenvalue weighted by Gasteiger charge is -2.36. The minimum atomic E-state index is -0.477. The molecule has 0 bridgehead atoms. The van der Waals surface area contributed by atoms with Crippen molar-refractivity contribution in [1.82, 2.24) is 0 Å². The van der Waals surface area contributed by atoms with Gasteiger partial charge in [-0.05, 0) is 107 Å². The van der Waals surface area contributed by atoms with E-state index in [0.717, 1.165) is 38.5 Å². The molecular formula is C30H50O2. The van der Waals surface area contributed by atoms with E-state index in [-0.39, 0.29) is 0 Å². The van der Waals surface area contributed by atoms with Crippen molar-refractivity contribution in [3.8, 4) is 0 Å². The van der Waals surface area contributed by atoms with Crippen LogP contribution in [0.1, 0.15) is 101 Å². The van der Waals surface area contributed by atoms with Crippen LogP contribution in [0.15, 0.2) is 71.9 Å². The van der Waals surface area contributed by atoms with Crippen LogP contribution >= 0.6 is 0 Å². The van der Waals surface area contributed by atoms with Gasteiger partial charge in [0.05, 0.1) is 11.2 Å². The lowest BCUT2D eigenvalue weighted by atomic mass is 9.98. The van der Waals surface area contributed by atoms with Crippen LogP contribution in [0.2, 0.25) is 0 Å². The summed E-state index contributed by atoms with van der Waals surface area (Å²) >= 11 is 0. The quantitative estimate of drug-likeness (QED) is 0.175. The monoisotopic (exact) mass is 442 g/mol. The molecule has 0 amide bonds.